The Labute approximate surface area is 150 Å². The third-order valence-corrected chi connectivity index (χ3v) is 4.77. The van der Waals surface area contributed by atoms with Crippen LogP contribution in [0.25, 0.3) is 21.9 Å². The SMILES string of the molecule is CC(=O)Oc1ccc(/C=c2\sc3nc4ccccc4c(=O)n3c2=O)cc1. The van der Waals surface area contributed by atoms with E-state index in [2.05, 4.69) is 4.98 Å². The molecular weight excluding hydrogens is 352 g/mol. The smallest absolute Gasteiger partial charge is 0.308 e. The van der Waals surface area contributed by atoms with E-state index in [9.17, 15) is 14.4 Å². The highest BCUT2D eigenvalue weighted by molar-refractivity contribution is 7.15. The Morgan fingerprint density at radius 3 is 2.54 bits per heavy atom. The average molecular weight is 364 g/mol. The van der Waals surface area contributed by atoms with Crippen molar-refractivity contribution in [1.82, 2.24) is 9.38 Å². The van der Waals surface area contributed by atoms with E-state index in [4.69, 9.17) is 4.74 Å². The lowest BCUT2D eigenvalue weighted by molar-refractivity contribution is -0.131. The predicted molar refractivity (Wildman–Crippen MR) is 99.7 cm³/mol. The number of carbonyl (C=O) groups is 1. The molecule has 0 radical (unpaired) electrons. The van der Waals surface area contributed by atoms with Gasteiger partial charge in [0.2, 0.25) is 4.96 Å². The number of fused-ring (bicyclic) bond motifs is 2. The van der Waals surface area contributed by atoms with Crippen LogP contribution >= 0.6 is 11.3 Å². The van der Waals surface area contributed by atoms with E-state index in [1.165, 1.54) is 6.92 Å². The third kappa shape index (κ3) is 2.78. The first-order chi connectivity index (χ1) is 12.5. The number of nitrogens with zero attached hydrogens (tertiary/aromatic N) is 2. The van der Waals surface area contributed by atoms with Crippen molar-refractivity contribution in [2.75, 3.05) is 0 Å². The molecule has 0 saturated heterocycles. The van der Waals surface area contributed by atoms with Gasteiger partial charge >= 0.3 is 5.97 Å². The lowest BCUT2D eigenvalue weighted by Gasteiger charge is -2.00. The van der Waals surface area contributed by atoms with Gasteiger partial charge in [-0.3, -0.25) is 14.4 Å². The highest BCUT2D eigenvalue weighted by Gasteiger charge is 2.11. The maximum Gasteiger partial charge on any atom is 0.308 e. The van der Waals surface area contributed by atoms with Gasteiger partial charge in [-0.15, -0.1) is 0 Å². The summed E-state index contributed by atoms with van der Waals surface area (Å²) in [5.74, 6) is 0.0306. The lowest BCUT2D eigenvalue weighted by atomic mass is 10.2. The van der Waals surface area contributed by atoms with Crippen molar-refractivity contribution in [2.45, 2.75) is 6.92 Å². The summed E-state index contributed by atoms with van der Waals surface area (Å²) in [4.78, 5) is 41.0. The third-order valence-electron chi connectivity index (χ3n) is 3.80. The molecule has 4 rings (SSSR count). The van der Waals surface area contributed by atoms with Gasteiger partial charge in [0, 0.05) is 6.92 Å². The number of rotatable bonds is 2. The number of benzene rings is 2. The van der Waals surface area contributed by atoms with Crippen LogP contribution in [0.15, 0.2) is 58.1 Å². The largest absolute Gasteiger partial charge is 0.427 e. The van der Waals surface area contributed by atoms with E-state index in [-0.39, 0.29) is 5.56 Å². The van der Waals surface area contributed by atoms with Crippen LogP contribution in [-0.2, 0) is 4.79 Å². The Balaban J connectivity index is 1.88. The zero-order chi connectivity index (χ0) is 18.3. The van der Waals surface area contributed by atoms with Crippen molar-refractivity contribution in [1.29, 1.82) is 0 Å². The summed E-state index contributed by atoms with van der Waals surface area (Å²) in [6.45, 7) is 1.33. The van der Waals surface area contributed by atoms with Crippen molar-refractivity contribution in [3.63, 3.8) is 0 Å². The molecule has 7 heteroatoms. The summed E-state index contributed by atoms with van der Waals surface area (Å²) >= 11 is 1.16. The van der Waals surface area contributed by atoms with E-state index >= 15 is 0 Å². The van der Waals surface area contributed by atoms with E-state index < -0.39 is 11.5 Å². The number of hydrogen-bond acceptors (Lipinski definition) is 6. The number of aromatic nitrogens is 2. The van der Waals surface area contributed by atoms with Gasteiger partial charge in [-0.05, 0) is 35.9 Å². The number of carbonyl (C=O) groups excluding carboxylic acids is 1. The summed E-state index contributed by atoms with van der Waals surface area (Å²) < 4.78 is 6.49. The monoisotopic (exact) mass is 364 g/mol. The van der Waals surface area contributed by atoms with Gasteiger partial charge in [0.25, 0.3) is 11.1 Å². The second kappa shape index (κ2) is 6.20. The number of thiazole rings is 1. The number of esters is 1. The maximum atomic E-state index is 12.6. The Hall–Kier alpha value is -3.32. The number of ether oxygens (including phenoxy) is 1. The minimum Gasteiger partial charge on any atom is -0.427 e. The lowest BCUT2D eigenvalue weighted by Crippen LogP contribution is -2.31. The molecule has 0 bridgehead atoms. The minimum absolute atomic E-state index is 0.362. The van der Waals surface area contributed by atoms with Gasteiger partial charge in [0.15, 0.2) is 0 Å². The second-order valence-corrected chi connectivity index (χ2v) is 6.64. The fourth-order valence-electron chi connectivity index (χ4n) is 2.65. The van der Waals surface area contributed by atoms with Crippen LogP contribution in [0.5, 0.6) is 5.75 Å². The topological polar surface area (TPSA) is 77.7 Å². The first-order valence-electron chi connectivity index (χ1n) is 7.77. The summed E-state index contributed by atoms with van der Waals surface area (Å²) in [6, 6.07) is 13.7. The molecule has 0 aliphatic rings. The molecule has 0 fully saturated rings. The maximum absolute atomic E-state index is 12.6. The molecule has 6 nitrogen and oxygen atoms in total. The van der Waals surface area contributed by atoms with E-state index in [0.717, 1.165) is 21.3 Å². The summed E-state index contributed by atoms with van der Waals surface area (Å²) in [6.07, 6.45) is 1.68. The quantitative estimate of drug-likeness (QED) is 0.400. The zero-order valence-electron chi connectivity index (χ0n) is 13.6. The minimum atomic E-state index is -0.398. The van der Waals surface area contributed by atoms with Gasteiger partial charge in [0.05, 0.1) is 15.4 Å². The number of hydrogen-bond donors (Lipinski definition) is 0. The van der Waals surface area contributed by atoms with Crippen molar-refractivity contribution in [3.05, 3.63) is 79.3 Å². The molecule has 4 aromatic rings. The van der Waals surface area contributed by atoms with E-state index in [1.54, 1.807) is 54.6 Å². The molecule has 26 heavy (non-hydrogen) atoms. The molecule has 128 valence electrons. The molecule has 0 N–H and O–H groups in total. The molecule has 0 spiro atoms. The van der Waals surface area contributed by atoms with Gasteiger partial charge < -0.3 is 4.74 Å². The second-order valence-electron chi connectivity index (χ2n) is 5.63. The normalized spacial score (nSPS) is 12.0. The Morgan fingerprint density at radius 2 is 1.81 bits per heavy atom. The highest BCUT2D eigenvalue weighted by Crippen LogP contribution is 2.13. The first-order valence-corrected chi connectivity index (χ1v) is 8.59. The highest BCUT2D eigenvalue weighted by atomic mass is 32.1. The van der Waals surface area contributed by atoms with Crippen molar-refractivity contribution < 1.29 is 9.53 Å². The molecule has 0 aliphatic heterocycles. The van der Waals surface area contributed by atoms with Gasteiger partial charge in [-0.1, -0.05) is 35.6 Å². The van der Waals surface area contributed by atoms with E-state index in [1.807, 2.05) is 0 Å². The molecule has 0 amide bonds. The molecule has 0 atom stereocenters. The Kier molecular flexibility index (Phi) is 3.85. The standard InChI is InChI=1S/C19H12N2O4S/c1-11(22)25-13-8-6-12(7-9-13)10-16-18(24)21-17(23)14-4-2-3-5-15(14)20-19(21)26-16/h2-10H,1H3/b16-10-. The van der Waals surface area contributed by atoms with Crippen molar-refractivity contribution >= 4 is 39.2 Å². The summed E-state index contributed by atoms with van der Waals surface area (Å²) in [7, 11) is 0. The summed E-state index contributed by atoms with van der Waals surface area (Å²) in [5, 5.41) is 0.414. The molecule has 2 heterocycles. The first kappa shape index (κ1) is 16.2. The molecule has 0 saturated carbocycles. The predicted octanol–water partition coefficient (Wildman–Crippen LogP) is 1.74. The van der Waals surface area contributed by atoms with Gasteiger partial charge in [-0.25, -0.2) is 9.38 Å². The molecule has 2 aromatic carbocycles. The summed E-state index contributed by atoms with van der Waals surface area (Å²) in [5.41, 5.74) is 0.562. The molecule has 0 unspecified atom stereocenters. The zero-order valence-corrected chi connectivity index (χ0v) is 14.4. The van der Waals surface area contributed by atoms with Crippen LogP contribution in [-0.4, -0.2) is 15.4 Å². The van der Waals surface area contributed by atoms with Crippen LogP contribution < -0.4 is 20.4 Å². The van der Waals surface area contributed by atoms with Crippen molar-refractivity contribution in [2.24, 2.45) is 0 Å². The van der Waals surface area contributed by atoms with Gasteiger partial charge in [-0.2, -0.15) is 0 Å². The molecule has 2 aromatic heterocycles. The fourth-order valence-corrected chi connectivity index (χ4v) is 3.62. The van der Waals surface area contributed by atoms with Crippen LogP contribution in [0.4, 0.5) is 0 Å². The van der Waals surface area contributed by atoms with Crippen LogP contribution in [0.2, 0.25) is 0 Å². The van der Waals surface area contributed by atoms with E-state index in [0.29, 0.717) is 26.1 Å². The fraction of sp³-hybridized carbons (Fsp3) is 0.0526. The van der Waals surface area contributed by atoms with Crippen LogP contribution in [0.3, 0.4) is 0 Å². The molecular formula is C19H12N2O4S. The number of para-hydroxylation sites is 1. The van der Waals surface area contributed by atoms with Crippen LogP contribution in [0.1, 0.15) is 12.5 Å². The molecule has 0 aliphatic carbocycles. The Morgan fingerprint density at radius 1 is 1.08 bits per heavy atom. The van der Waals surface area contributed by atoms with Gasteiger partial charge in [0.1, 0.15) is 5.75 Å². The van der Waals surface area contributed by atoms with Crippen molar-refractivity contribution in [3.8, 4) is 5.75 Å². The average Bonchev–Trinajstić information content (AvgIpc) is 2.92. The Bertz CT molecular complexity index is 1320. The van der Waals surface area contributed by atoms with Crippen LogP contribution in [0, 0.1) is 0 Å².